The van der Waals surface area contributed by atoms with Crippen molar-refractivity contribution in [2.45, 2.75) is 0 Å². The molecule has 0 amide bonds. The number of nitro groups is 1. The Bertz CT molecular complexity index is 972. The molecule has 3 aromatic rings. The molecule has 0 spiro atoms. The summed E-state index contributed by atoms with van der Waals surface area (Å²) in [6.45, 7) is 0. The number of hydrogen-bond acceptors (Lipinski definition) is 5. The SMILES string of the molecule is COc1ccc(-n2c(C=O)cc(C=O)c2-c2ccc([N+](=O)[O-])cc2)cc1. The van der Waals surface area contributed by atoms with E-state index in [1.54, 1.807) is 48.1 Å². The van der Waals surface area contributed by atoms with Crippen molar-refractivity contribution in [3.8, 4) is 22.7 Å². The normalized spacial score (nSPS) is 10.3. The van der Waals surface area contributed by atoms with Crippen molar-refractivity contribution < 1.29 is 19.2 Å². The van der Waals surface area contributed by atoms with E-state index in [-0.39, 0.29) is 5.69 Å². The predicted octanol–water partition coefficient (Wildman–Crippen LogP) is 3.69. The molecule has 7 nitrogen and oxygen atoms in total. The summed E-state index contributed by atoms with van der Waals surface area (Å²) < 4.78 is 6.78. The summed E-state index contributed by atoms with van der Waals surface area (Å²) >= 11 is 0. The first-order valence-electron chi connectivity index (χ1n) is 7.64. The van der Waals surface area contributed by atoms with Crippen molar-refractivity contribution in [3.05, 3.63) is 76.0 Å². The van der Waals surface area contributed by atoms with Gasteiger partial charge in [-0.05, 0) is 48.0 Å². The molecular formula is C19H14N2O5. The second-order valence-electron chi connectivity index (χ2n) is 5.45. The number of nitro benzene ring substituents is 1. The van der Waals surface area contributed by atoms with Gasteiger partial charge in [-0.2, -0.15) is 0 Å². The van der Waals surface area contributed by atoms with Crippen LogP contribution in [-0.2, 0) is 0 Å². The van der Waals surface area contributed by atoms with Crippen molar-refractivity contribution in [2.75, 3.05) is 7.11 Å². The molecule has 0 N–H and O–H groups in total. The molecule has 0 aliphatic rings. The third-order valence-electron chi connectivity index (χ3n) is 3.99. The second-order valence-corrected chi connectivity index (χ2v) is 5.45. The van der Waals surface area contributed by atoms with Crippen LogP contribution in [-0.4, -0.2) is 29.2 Å². The molecule has 0 radical (unpaired) electrons. The van der Waals surface area contributed by atoms with Crippen molar-refractivity contribution in [1.29, 1.82) is 0 Å². The van der Waals surface area contributed by atoms with Crippen LogP contribution in [0, 0.1) is 10.1 Å². The number of methoxy groups -OCH3 is 1. The maximum Gasteiger partial charge on any atom is 0.269 e. The molecule has 0 saturated carbocycles. The minimum Gasteiger partial charge on any atom is -0.497 e. The number of rotatable bonds is 6. The fourth-order valence-electron chi connectivity index (χ4n) is 2.77. The van der Waals surface area contributed by atoms with Gasteiger partial charge in [0.05, 0.1) is 23.4 Å². The zero-order valence-corrected chi connectivity index (χ0v) is 13.8. The van der Waals surface area contributed by atoms with Gasteiger partial charge in [-0.3, -0.25) is 19.7 Å². The summed E-state index contributed by atoms with van der Waals surface area (Å²) in [6.07, 6.45) is 1.32. The summed E-state index contributed by atoms with van der Waals surface area (Å²) in [4.78, 5) is 33.4. The van der Waals surface area contributed by atoms with E-state index in [1.807, 2.05) is 0 Å². The summed E-state index contributed by atoms with van der Waals surface area (Å²) in [5.74, 6) is 0.654. The topological polar surface area (TPSA) is 91.4 Å². The molecular weight excluding hydrogens is 336 g/mol. The van der Waals surface area contributed by atoms with Crippen LogP contribution in [0.25, 0.3) is 16.9 Å². The Balaban J connectivity index is 2.22. The minimum absolute atomic E-state index is 0.0560. The standard InChI is InChI=1S/C19H14N2O5/c1-26-18-8-6-15(7-9-18)20-17(12-23)10-14(11-22)19(20)13-2-4-16(5-3-13)21(24)25/h2-12H,1H3. The second kappa shape index (κ2) is 7.02. The van der Waals surface area contributed by atoms with Crippen LogP contribution in [0.1, 0.15) is 20.8 Å². The summed E-state index contributed by atoms with van der Waals surface area (Å²) in [6, 6.07) is 14.3. The highest BCUT2D eigenvalue weighted by atomic mass is 16.6. The molecule has 0 aliphatic heterocycles. The third kappa shape index (κ3) is 2.98. The van der Waals surface area contributed by atoms with Crippen molar-refractivity contribution in [3.63, 3.8) is 0 Å². The fraction of sp³-hybridized carbons (Fsp3) is 0.0526. The molecule has 3 rings (SSSR count). The maximum atomic E-state index is 11.5. The van der Waals surface area contributed by atoms with E-state index >= 15 is 0 Å². The van der Waals surface area contributed by atoms with Gasteiger partial charge in [-0.25, -0.2) is 0 Å². The highest BCUT2D eigenvalue weighted by molar-refractivity contribution is 5.92. The van der Waals surface area contributed by atoms with E-state index < -0.39 is 4.92 Å². The van der Waals surface area contributed by atoms with E-state index in [0.717, 1.165) is 0 Å². The molecule has 0 saturated heterocycles. The van der Waals surface area contributed by atoms with Gasteiger partial charge < -0.3 is 9.30 Å². The smallest absolute Gasteiger partial charge is 0.269 e. The average molecular weight is 350 g/mol. The molecule has 7 heteroatoms. The molecule has 1 aromatic heterocycles. The summed E-state index contributed by atoms with van der Waals surface area (Å²) in [5.41, 5.74) is 2.29. The molecule has 0 unspecified atom stereocenters. The molecule has 2 aromatic carbocycles. The number of non-ortho nitro benzene ring substituents is 1. The van der Waals surface area contributed by atoms with Crippen molar-refractivity contribution in [1.82, 2.24) is 4.57 Å². The van der Waals surface area contributed by atoms with Crippen LogP contribution in [0.15, 0.2) is 54.6 Å². The monoisotopic (exact) mass is 350 g/mol. The maximum absolute atomic E-state index is 11.5. The van der Waals surface area contributed by atoms with Gasteiger partial charge in [-0.1, -0.05) is 0 Å². The third-order valence-corrected chi connectivity index (χ3v) is 3.99. The lowest BCUT2D eigenvalue weighted by molar-refractivity contribution is -0.384. The van der Waals surface area contributed by atoms with Crippen LogP contribution in [0.5, 0.6) is 5.75 Å². The van der Waals surface area contributed by atoms with Gasteiger partial charge in [0.1, 0.15) is 5.75 Å². The molecule has 0 atom stereocenters. The van der Waals surface area contributed by atoms with Gasteiger partial charge in [-0.15, -0.1) is 0 Å². The van der Waals surface area contributed by atoms with Gasteiger partial charge in [0.25, 0.3) is 5.69 Å². The van der Waals surface area contributed by atoms with Crippen LogP contribution in [0.4, 0.5) is 5.69 Å². The Morgan fingerprint density at radius 1 is 1.00 bits per heavy atom. The minimum atomic E-state index is -0.496. The number of benzene rings is 2. The van der Waals surface area contributed by atoms with Gasteiger partial charge >= 0.3 is 0 Å². The molecule has 1 heterocycles. The highest BCUT2D eigenvalue weighted by Gasteiger charge is 2.18. The van der Waals surface area contributed by atoms with E-state index in [1.165, 1.54) is 18.2 Å². The Hall–Kier alpha value is -3.74. The molecule has 26 heavy (non-hydrogen) atoms. The molecule has 130 valence electrons. The summed E-state index contributed by atoms with van der Waals surface area (Å²) in [7, 11) is 1.55. The Kier molecular flexibility index (Phi) is 4.62. The number of aldehydes is 2. The van der Waals surface area contributed by atoms with Crippen LogP contribution < -0.4 is 4.74 Å². The van der Waals surface area contributed by atoms with E-state index in [4.69, 9.17) is 4.74 Å². The number of hydrogen-bond donors (Lipinski definition) is 0. The summed E-state index contributed by atoms with van der Waals surface area (Å²) in [5, 5.41) is 10.9. The number of nitrogens with zero attached hydrogens (tertiary/aromatic N) is 2. The number of carbonyl (C=O) groups excluding carboxylic acids is 2. The van der Waals surface area contributed by atoms with Gasteiger partial charge in [0.2, 0.25) is 0 Å². The molecule has 0 bridgehead atoms. The Morgan fingerprint density at radius 3 is 2.15 bits per heavy atom. The zero-order chi connectivity index (χ0) is 18.7. The lowest BCUT2D eigenvalue weighted by atomic mass is 10.1. The Labute approximate surface area is 148 Å². The van der Waals surface area contributed by atoms with Crippen molar-refractivity contribution >= 4 is 18.3 Å². The van der Waals surface area contributed by atoms with Crippen LogP contribution in [0.2, 0.25) is 0 Å². The van der Waals surface area contributed by atoms with E-state index in [9.17, 15) is 19.7 Å². The average Bonchev–Trinajstić information content (AvgIpc) is 3.06. The molecule has 0 fully saturated rings. The highest BCUT2D eigenvalue weighted by Crippen LogP contribution is 2.31. The predicted molar refractivity (Wildman–Crippen MR) is 95.2 cm³/mol. The quantitative estimate of drug-likeness (QED) is 0.384. The number of ether oxygens (including phenoxy) is 1. The first-order chi connectivity index (χ1) is 12.6. The molecule has 0 aliphatic carbocycles. The van der Waals surface area contributed by atoms with Crippen LogP contribution >= 0.6 is 0 Å². The number of aromatic nitrogens is 1. The first kappa shape index (κ1) is 17.1. The lowest BCUT2D eigenvalue weighted by Gasteiger charge is -2.13. The van der Waals surface area contributed by atoms with E-state index in [2.05, 4.69) is 0 Å². The largest absolute Gasteiger partial charge is 0.497 e. The van der Waals surface area contributed by atoms with E-state index in [0.29, 0.717) is 46.5 Å². The first-order valence-corrected chi connectivity index (χ1v) is 7.64. The van der Waals surface area contributed by atoms with Crippen LogP contribution in [0.3, 0.4) is 0 Å². The fourth-order valence-corrected chi connectivity index (χ4v) is 2.77. The van der Waals surface area contributed by atoms with Gasteiger partial charge in [0, 0.05) is 23.4 Å². The van der Waals surface area contributed by atoms with Crippen molar-refractivity contribution in [2.24, 2.45) is 0 Å². The zero-order valence-electron chi connectivity index (χ0n) is 13.8. The lowest BCUT2D eigenvalue weighted by Crippen LogP contribution is -2.02. The number of carbonyl (C=O) groups is 2. The van der Waals surface area contributed by atoms with Gasteiger partial charge in [0.15, 0.2) is 12.6 Å². The Morgan fingerprint density at radius 2 is 1.65 bits per heavy atom.